The number of carboxylic acids is 1. The second kappa shape index (κ2) is 4.75. The Morgan fingerprint density at radius 1 is 1.40 bits per heavy atom. The van der Waals surface area contributed by atoms with Gasteiger partial charge in [-0.25, -0.2) is 5.11 Å². The lowest BCUT2D eigenvalue weighted by Gasteiger charge is -1.97. The van der Waals surface area contributed by atoms with Gasteiger partial charge in [0.15, 0.2) is 6.61 Å². The highest BCUT2D eigenvalue weighted by Crippen LogP contribution is 1.74. The lowest BCUT2D eigenvalue weighted by atomic mass is 10.4. The minimum Gasteiger partial charge on any atom is -0.481 e. The molecule has 0 heterocycles. The molecule has 0 aromatic carbocycles. The number of aliphatic carboxylic acids is 1. The second-order valence-corrected chi connectivity index (χ2v) is 1.64. The van der Waals surface area contributed by atoms with Crippen molar-refractivity contribution >= 4 is 11.9 Å². The zero-order valence-corrected chi connectivity index (χ0v) is 5.29. The second-order valence-electron chi connectivity index (χ2n) is 1.64. The molecule has 0 aromatic heterocycles. The minimum atomic E-state index is -0.994. The van der Waals surface area contributed by atoms with Gasteiger partial charge in [0.05, 0.1) is 6.42 Å². The number of hydrogen-bond donors (Lipinski definition) is 2. The highest BCUT2D eigenvalue weighted by atomic mass is 16.4. The van der Waals surface area contributed by atoms with Crippen molar-refractivity contribution in [2.45, 2.75) is 6.42 Å². The van der Waals surface area contributed by atoms with Crippen LogP contribution in [-0.4, -0.2) is 30.1 Å². The molecule has 1 amide bonds. The van der Waals surface area contributed by atoms with Crippen LogP contribution >= 0.6 is 0 Å². The van der Waals surface area contributed by atoms with Gasteiger partial charge in [-0.3, -0.25) is 9.59 Å². The van der Waals surface area contributed by atoms with E-state index >= 15 is 0 Å². The third-order valence-electron chi connectivity index (χ3n) is 0.792. The summed E-state index contributed by atoms with van der Waals surface area (Å²) in [7, 11) is 0. The molecule has 5 nitrogen and oxygen atoms in total. The maximum Gasteiger partial charge on any atom is 0.305 e. The van der Waals surface area contributed by atoms with Crippen LogP contribution in [0.25, 0.3) is 0 Å². The molecule has 1 radical (unpaired) electrons. The lowest BCUT2D eigenvalue weighted by Crippen LogP contribution is -2.27. The van der Waals surface area contributed by atoms with Gasteiger partial charge in [0.2, 0.25) is 5.91 Å². The SMILES string of the molecule is [O]CC(=O)NCCC(=O)O. The van der Waals surface area contributed by atoms with Gasteiger partial charge in [-0.15, -0.1) is 0 Å². The van der Waals surface area contributed by atoms with Crippen molar-refractivity contribution in [3.63, 3.8) is 0 Å². The third kappa shape index (κ3) is 5.04. The van der Waals surface area contributed by atoms with Crippen molar-refractivity contribution in [1.29, 1.82) is 0 Å². The number of carboxylic acid groups (broad SMARTS) is 1. The zero-order valence-electron chi connectivity index (χ0n) is 5.29. The normalized spacial score (nSPS) is 8.90. The van der Waals surface area contributed by atoms with E-state index in [1.807, 2.05) is 0 Å². The largest absolute Gasteiger partial charge is 0.481 e. The monoisotopic (exact) mass is 146 g/mol. The Bertz CT molecular complexity index is 134. The summed E-state index contributed by atoms with van der Waals surface area (Å²) >= 11 is 0. The topological polar surface area (TPSA) is 86.3 Å². The molecular weight excluding hydrogens is 138 g/mol. The zero-order chi connectivity index (χ0) is 7.98. The summed E-state index contributed by atoms with van der Waals surface area (Å²) in [6.45, 7) is -0.823. The summed E-state index contributed by atoms with van der Waals surface area (Å²) in [5.41, 5.74) is 0. The van der Waals surface area contributed by atoms with Crippen LogP contribution in [0.15, 0.2) is 0 Å². The number of carbonyl (C=O) groups excluding carboxylic acids is 1. The smallest absolute Gasteiger partial charge is 0.305 e. The first kappa shape index (κ1) is 8.90. The van der Waals surface area contributed by atoms with E-state index in [1.54, 1.807) is 0 Å². The quantitative estimate of drug-likeness (QED) is 0.533. The predicted octanol–water partition coefficient (Wildman–Crippen LogP) is -0.992. The molecule has 0 spiro atoms. The summed E-state index contributed by atoms with van der Waals surface area (Å²) in [4.78, 5) is 20.0. The molecule has 0 aliphatic heterocycles. The van der Waals surface area contributed by atoms with E-state index in [1.165, 1.54) is 0 Å². The van der Waals surface area contributed by atoms with Gasteiger partial charge in [-0.2, -0.15) is 0 Å². The molecule has 0 saturated carbocycles. The van der Waals surface area contributed by atoms with Crippen molar-refractivity contribution in [3.8, 4) is 0 Å². The molecule has 0 atom stereocenters. The summed E-state index contributed by atoms with van der Waals surface area (Å²) in [5, 5.41) is 19.9. The first-order valence-corrected chi connectivity index (χ1v) is 2.73. The minimum absolute atomic E-state index is 0.0242. The Morgan fingerprint density at radius 3 is 2.40 bits per heavy atom. The van der Waals surface area contributed by atoms with Crippen LogP contribution in [0.5, 0.6) is 0 Å². The highest BCUT2D eigenvalue weighted by Gasteiger charge is 1.99. The van der Waals surface area contributed by atoms with Crippen molar-refractivity contribution < 1.29 is 19.8 Å². The molecule has 0 aliphatic rings. The Labute approximate surface area is 57.7 Å². The average Bonchev–Trinajstić information content (AvgIpc) is 1.87. The maximum absolute atomic E-state index is 10.2. The van der Waals surface area contributed by atoms with Gasteiger partial charge < -0.3 is 10.4 Å². The number of hydrogen-bond acceptors (Lipinski definition) is 2. The molecule has 0 unspecified atom stereocenters. The molecule has 0 aromatic rings. The van der Waals surface area contributed by atoms with Gasteiger partial charge in [0.1, 0.15) is 0 Å². The van der Waals surface area contributed by atoms with Crippen LogP contribution in [0.2, 0.25) is 0 Å². The lowest BCUT2D eigenvalue weighted by molar-refractivity contribution is -0.137. The standard InChI is InChI=1S/C5H8NO4/c7-3-4(8)6-2-1-5(9)10/h1-3H2,(H,6,8)(H,9,10). The third-order valence-corrected chi connectivity index (χ3v) is 0.792. The van der Waals surface area contributed by atoms with Crippen molar-refractivity contribution in [1.82, 2.24) is 5.32 Å². The first-order valence-electron chi connectivity index (χ1n) is 2.73. The number of carbonyl (C=O) groups is 2. The molecule has 5 heteroatoms. The Balaban J connectivity index is 3.20. The maximum atomic E-state index is 10.2. The molecule has 0 rings (SSSR count). The highest BCUT2D eigenvalue weighted by molar-refractivity contribution is 5.77. The van der Waals surface area contributed by atoms with E-state index < -0.39 is 18.5 Å². The van der Waals surface area contributed by atoms with E-state index in [0.717, 1.165) is 0 Å². The van der Waals surface area contributed by atoms with Crippen molar-refractivity contribution in [2.24, 2.45) is 0 Å². The van der Waals surface area contributed by atoms with E-state index in [2.05, 4.69) is 5.32 Å². The summed E-state index contributed by atoms with van der Waals surface area (Å²) in [6, 6.07) is 0. The van der Waals surface area contributed by atoms with Gasteiger partial charge in [-0.1, -0.05) is 0 Å². The molecule has 2 N–H and O–H groups in total. The van der Waals surface area contributed by atoms with Crippen LogP contribution in [0.3, 0.4) is 0 Å². The predicted molar refractivity (Wildman–Crippen MR) is 30.8 cm³/mol. The first-order chi connectivity index (χ1) is 4.66. The number of amides is 1. The summed E-state index contributed by atoms with van der Waals surface area (Å²) < 4.78 is 0. The molecule has 0 bridgehead atoms. The van der Waals surface area contributed by atoms with Crippen LogP contribution in [0.4, 0.5) is 0 Å². The number of rotatable bonds is 4. The molecule has 0 saturated heterocycles. The van der Waals surface area contributed by atoms with Gasteiger partial charge in [0, 0.05) is 6.54 Å². The fourth-order valence-corrected chi connectivity index (χ4v) is 0.360. The number of nitrogens with one attached hydrogen (secondary N) is 1. The van der Waals surface area contributed by atoms with Gasteiger partial charge in [-0.05, 0) is 0 Å². The van der Waals surface area contributed by atoms with E-state index in [-0.39, 0.29) is 13.0 Å². The molecule has 0 aliphatic carbocycles. The van der Waals surface area contributed by atoms with Crippen molar-refractivity contribution in [2.75, 3.05) is 13.2 Å². The van der Waals surface area contributed by atoms with Crippen LogP contribution in [0, 0.1) is 0 Å². The Morgan fingerprint density at radius 2 is 2.00 bits per heavy atom. The average molecular weight is 146 g/mol. The van der Waals surface area contributed by atoms with E-state index in [4.69, 9.17) is 5.11 Å². The molecule has 10 heavy (non-hydrogen) atoms. The summed E-state index contributed by atoms with van der Waals surface area (Å²) in [5.74, 6) is -1.66. The molecule has 0 fully saturated rings. The van der Waals surface area contributed by atoms with E-state index in [0.29, 0.717) is 0 Å². The Kier molecular flexibility index (Phi) is 4.23. The summed E-state index contributed by atoms with van der Waals surface area (Å²) in [6.07, 6.45) is -0.147. The molecular formula is C5H8NO4. The van der Waals surface area contributed by atoms with Gasteiger partial charge >= 0.3 is 5.97 Å². The Hall–Kier alpha value is -1.10. The fourth-order valence-electron chi connectivity index (χ4n) is 0.360. The van der Waals surface area contributed by atoms with Crippen LogP contribution in [-0.2, 0) is 14.7 Å². The molecule has 57 valence electrons. The fraction of sp³-hybridized carbons (Fsp3) is 0.600. The van der Waals surface area contributed by atoms with Crippen LogP contribution in [0.1, 0.15) is 6.42 Å². The van der Waals surface area contributed by atoms with Crippen LogP contribution < -0.4 is 5.32 Å². The van der Waals surface area contributed by atoms with Crippen molar-refractivity contribution in [3.05, 3.63) is 0 Å². The van der Waals surface area contributed by atoms with Gasteiger partial charge in [0.25, 0.3) is 0 Å². The van der Waals surface area contributed by atoms with E-state index in [9.17, 15) is 14.7 Å².